The van der Waals surface area contributed by atoms with Crippen LogP contribution in [0.3, 0.4) is 0 Å². The van der Waals surface area contributed by atoms with Gasteiger partial charge >= 0.3 is 0 Å². The molecule has 0 radical (unpaired) electrons. The summed E-state index contributed by atoms with van der Waals surface area (Å²) in [7, 11) is 0. The molecule has 0 aromatic heterocycles. The summed E-state index contributed by atoms with van der Waals surface area (Å²) in [6, 6.07) is 8.93. The molecular formula is C16H24N2O. The van der Waals surface area contributed by atoms with Gasteiger partial charge in [-0.1, -0.05) is 24.3 Å². The zero-order valence-electron chi connectivity index (χ0n) is 11.9. The van der Waals surface area contributed by atoms with Gasteiger partial charge in [0.05, 0.1) is 0 Å². The SMILES string of the molecule is Cc1ccccc1CC(C)NC(=O)CC1CCCN1. The van der Waals surface area contributed by atoms with Gasteiger partial charge in [0.2, 0.25) is 5.91 Å². The van der Waals surface area contributed by atoms with E-state index in [4.69, 9.17) is 0 Å². The average molecular weight is 260 g/mol. The molecule has 1 aliphatic rings. The van der Waals surface area contributed by atoms with Crippen LogP contribution in [0.5, 0.6) is 0 Å². The van der Waals surface area contributed by atoms with Gasteiger partial charge in [-0.15, -0.1) is 0 Å². The lowest BCUT2D eigenvalue weighted by atomic mass is 10.0. The summed E-state index contributed by atoms with van der Waals surface area (Å²) in [6.45, 7) is 5.25. The highest BCUT2D eigenvalue weighted by Gasteiger charge is 2.18. The number of carbonyl (C=O) groups excluding carboxylic acids is 1. The van der Waals surface area contributed by atoms with E-state index in [0.717, 1.165) is 19.4 Å². The Morgan fingerprint density at radius 1 is 1.47 bits per heavy atom. The molecule has 1 saturated heterocycles. The molecule has 19 heavy (non-hydrogen) atoms. The Morgan fingerprint density at radius 3 is 2.95 bits per heavy atom. The third kappa shape index (κ3) is 4.35. The van der Waals surface area contributed by atoms with Gasteiger partial charge in [-0.3, -0.25) is 4.79 Å². The molecule has 1 aromatic carbocycles. The largest absolute Gasteiger partial charge is 0.353 e. The second-order valence-corrected chi connectivity index (χ2v) is 5.60. The van der Waals surface area contributed by atoms with Crippen molar-refractivity contribution in [2.75, 3.05) is 6.54 Å². The monoisotopic (exact) mass is 260 g/mol. The fourth-order valence-electron chi connectivity index (χ4n) is 2.71. The van der Waals surface area contributed by atoms with Crippen LogP contribution in [0, 0.1) is 6.92 Å². The van der Waals surface area contributed by atoms with Crippen molar-refractivity contribution in [1.29, 1.82) is 0 Å². The van der Waals surface area contributed by atoms with Crippen molar-refractivity contribution in [3.8, 4) is 0 Å². The predicted molar refractivity (Wildman–Crippen MR) is 78.1 cm³/mol. The third-order valence-corrected chi connectivity index (χ3v) is 3.79. The minimum absolute atomic E-state index is 0.167. The van der Waals surface area contributed by atoms with Crippen LogP contribution < -0.4 is 10.6 Å². The Labute approximate surface area is 115 Å². The van der Waals surface area contributed by atoms with Crippen LogP contribution in [0.2, 0.25) is 0 Å². The molecule has 2 atom stereocenters. The first-order valence-electron chi connectivity index (χ1n) is 7.22. The van der Waals surface area contributed by atoms with Crippen LogP contribution in [0.25, 0.3) is 0 Å². The first-order chi connectivity index (χ1) is 9.15. The topological polar surface area (TPSA) is 41.1 Å². The standard InChI is InChI=1S/C16H24N2O/c1-12-6-3-4-7-14(12)10-13(2)18-16(19)11-15-8-5-9-17-15/h3-4,6-7,13,15,17H,5,8-11H2,1-2H3,(H,18,19). The maximum absolute atomic E-state index is 11.9. The zero-order valence-corrected chi connectivity index (χ0v) is 11.9. The first-order valence-corrected chi connectivity index (χ1v) is 7.22. The number of rotatable bonds is 5. The molecule has 0 spiro atoms. The van der Waals surface area contributed by atoms with Crippen LogP contribution in [-0.2, 0) is 11.2 Å². The number of carbonyl (C=O) groups is 1. The molecule has 1 amide bonds. The van der Waals surface area contributed by atoms with Gasteiger partial charge in [0.25, 0.3) is 0 Å². The summed E-state index contributed by atoms with van der Waals surface area (Å²) >= 11 is 0. The van der Waals surface area contributed by atoms with Crippen molar-refractivity contribution in [1.82, 2.24) is 10.6 Å². The van der Waals surface area contributed by atoms with E-state index in [1.165, 1.54) is 17.5 Å². The van der Waals surface area contributed by atoms with Crippen LogP contribution in [0.4, 0.5) is 0 Å². The zero-order chi connectivity index (χ0) is 13.7. The lowest BCUT2D eigenvalue weighted by Gasteiger charge is -2.17. The van der Waals surface area contributed by atoms with Crippen molar-refractivity contribution in [2.24, 2.45) is 0 Å². The van der Waals surface area contributed by atoms with Gasteiger partial charge in [-0.05, 0) is 50.8 Å². The maximum atomic E-state index is 11.9. The molecule has 0 saturated carbocycles. The maximum Gasteiger partial charge on any atom is 0.221 e. The summed E-state index contributed by atoms with van der Waals surface area (Å²) < 4.78 is 0. The molecule has 1 fully saturated rings. The number of hydrogen-bond acceptors (Lipinski definition) is 2. The molecule has 1 aliphatic heterocycles. The molecule has 0 bridgehead atoms. The van der Waals surface area contributed by atoms with Gasteiger partial charge in [0.1, 0.15) is 0 Å². The van der Waals surface area contributed by atoms with Crippen molar-refractivity contribution < 1.29 is 4.79 Å². The summed E-state index contributed by atoms with van der Waals surface area (Å²) in [6.07, 6.45) is 3.82. The van der Waals surface area contributed by atoms with Gasteiger partial charge in [0.15, 0.2) is 0 Å². The molecule has 3 nitrogen and oxygen atoms in total. The van der Waals surface area contributed by atoms with Gasteiger partial charge in [-0.25, -0.2) is 0 Å². The van der Waals surface area contributed by atoms with Crippen LogP contribution in [-0.4, -0.2) is 24.5 Å². The quantitative estimate of drug-likeness (QED) is 0.852. The normalized spacial score (nSPS) is 20.2. The lowest BCUT2D eigenvalue weighted by Crippen LogP contribution is -2.37. The van der Waals surface area contributed by atoms with Crippen molar-refractivity contribution >= 4 is 5.91 Å². The minimum Gasteiger partial charge on any atom is -0.353 e. The van der Waals surface area contributed by atoms with E-state index in [2.05, 4.69) is 42.7 Å². The minimum atomic E-state index is 0.167. The smallest absolute Gasteiger partial charge is 0.221 e. The average Bonchev–Trinajstić information content (AvgIpc) is 2.84. The number of nitrogens with one attached hydrogen (secondary N) is 2. The van der Waals surface area contributed by atoms with Gasteiger partial charge in [-0.2, -0.15) is 0 Å². The third-order valence-electron chi connectivity index (χ3n) is 3.79. The first kappa shape index (κ1) is 14.1. The summed E-state index contributed by atoms with van der Waals surface area (Å²) in [5.74, 6) is 0.167. The molecule has 1 aromatic rings. The highest BCUT2D eigenvalue weighted by atomic mass is 16.1. The molecule has 1 heterocycles. The summed E-state index contributed by atoms with van der Waals surface area (Å²) in [4.78, 5) is 11.9. The Hall–Kier alpha value is -1.35. The molecule has 2 rings (SSSR count). The molecule has 0 aliphatic carbocycles. The lowest BCUT2D eigenvalue weighted by molar-refractivity contribution is -0.122. The fraction of sp³-hybridized carbons (Fsp3) is 0.562. The molecule has 3 heteroatoms. The Bertz CT molecular complexity index is 425. The van der Waals surface area contributed by atoms with E-state index in [1.807, 2.05) is 6.07 Å². The van der Waals surface area contributed by atoms with E-state index in [-0.39, 0.29) is 11.9 Å². The van der Waals surface area contributed by atoms with E-state index in [1.54, 1.807) is 0 Å². The number of aryl methyl sites for hydroxylation is 1. The predicted octanol–water partition coefficient (Wildman–Crippen LogP) is 2.18. The van der Waals surface area contributed by atoms with Gasteiger partial charge < -0.3 is 10.6 Å². The molecule has 2 unspecified atom stereocenters. The highest BCUT2D eigenvalue weighted by Crippen LogP contribution is 2.11. The van der Waals surface area contributed by atoms with E-state index in [9.17, 15) is 4.79 Å². The molecule has 104 valence electrons. The highest BCUT2D eigenvalue weighted by molar-refractivity contribution is 5.76. The second-order valence-electron chi connectivity index (χ2n) is 5.60. The molecular weight excluding hydrogens is 236 g/mol. The van der Waals surface area contributed by atoms with Gasteiger partial charge in [0, 0.05) is 18.5 Å². The number of amides is 1. The second kappa shape index (κ2) is 6.71. The number of benzene rings is 1. The van der Waals surface area contributed by atoms with E-state index >= 15 is 0 Å². The Balaban J connectivity index is 1.78. The summed E-state index contributed by atoms with van der Waals surface area (Å²) in [5, 5.41) is 6.46. The van der Waals surface area contributed by atoms with Crippen LogP contribution in [0.1, 0.15) is 37.3 Å². The van der Waals surface area contributed by atoms with Crippen LogP contribution >= 0.6 is 0 Å². The van der Waals surface area contributed by atoms with Crippen molar-refractivity contribution in [3.05, 3.63) is 35.4 Å². The number of hydrogen-bond donors (Lipinski definition) is 2. The fourth-order valence-corrected chi connectivity index (χ4v) is 2.71. The molecule has 2 N–H and O–H groups in total. The summed E-state index contributed by atoms with van der Waals surface area (Å²) in [5.41, 5.74) is 2.61. The Morgan fingerprint density at radius 2 is 2.26 bits per heavy atom. The van der Waals surface area contributed by atoms with Crippen molar-refractivity contribution in [2.45, 2.75) is 51.6 Å². The van der Waals surface area contributed by atoms with Crippen LogP contribution in [0.15, 0.2) is 24.3 Å². The van der Waals surface area contributed by atoms with Crippen molar-refractivity contribution in [3.63, 3.8) is 0 Å². The Kier molecular flexibility index (Phi) is 4.97. The van der Waals surface area contributed by atoms with E-state index in [0.29, 0.717) is 12.5 Å². The van der Waals surface area contributed by atoms with E-state index < -0.39 is 0 Å².